The van der Waals surface area contributed by atoms with Gasteiger partial charge in [0.05, 0.1) is 25.4 Å². The summed E-state index contributed by atoms with van der Waals surface area (Å²) in [5, 5.41) is 22.9. The molecular formula is C64H121NO5. The van der Waals surface area contributed by atoms with Gasteiger partial charge in [-0.15, -0.1) is 0 Å². The molecule has 0 saturated carbocycles. The zero-order chi connectivity index (χ0) is 50.7. The minimum Gasteiger partial charge on any atom is -0.466 e. The molecule has 0 aromatic rings. The lowest BCUT2D eigenvalue weighted by Gasteiger charge is -2.20. The maximum atomic E-state index is 12.4. The number of amides is 1. The Bertz CT molecular complexity index is 1130. The molecule has 0 rings (SSSR count). The van der Waals surface area contributed by atoms with E-state index in [1.165, 1.54) is 263 Å². The monoisotopic (exact) mass is 984 g/mol. The van der Waals surface area contributed by atoms with Crippen LogP contribution in [0.15, 0.2) is 36.5 Å². The molecule has 2 unspecified atom stereocenters. The van der Waals surface area contributed by atoms with Gasteiger partial charge in [0.15, 0.2) is 0 Å². The van der Waals surface area contributed by atoms with Crippen LogP contribution in [-0.2, 0) is 14.3 Å². The van der Waals surface area contributed by atoms with E-state index in [9.17, 15) is 19.8 Å². The predicted octanol–water partition coefficient (Wildman–Crippen LogP) is 19.6. The molecule has 3 N–H and O–H groups in total. The first-order valence-corrected chi connectivity index (χ1v) is 31.3. The Kier molecular flexibility index (Phi) is 58.0. The van der Waals surface area contributed by atoms with E-state index in [4.69, 9.17) is 4.74 Å². The fourth-order valence-corrected chi connectivity index (χ4v) is 9.57. The minimum absolute atomic E-state index is 0.00754. The summed E-state index contributed by atoms with van der Waals surface area (Å²) in [6, 6.07) is -0.623. The van der Waals surface area contributed by atoms with Crippen molar-refractivity contribution >= 4 is 11.9 Å². The Morgan fingerprint density at radius 3 is 1.04 bits per heavy atom. The van der Waals surface area contributed by atoms with Crippen molar-refractivity contribution in [2.24, 2.45) is 0 Å². The molecule has 6 heteroatoms. The minimum atomic E-state index is -0.840. The van der Waals surface area contributed by atoms with Gasteiger partial charge in [0.1, 0.15) is 0 Å². The van der Waals surface area contributed by atoms with Gasteiger partial charge in [-0.2, -0.15) is 0 Å². The molecule has 0 fully saturated rings. The number of aliphatic hydroxyl groups excluding tert-OH is 2. The fourth-order valence-electron chi connectivity index (χ4n) is 9.57. The summed E-state index contributed by atoms with van der Waals surface area (Å²) >= 11 is 0. The van der Waals surface area contributed by atoms with Gasteiger partial charge in [-0.25, -0.2) is 0 Å². The lowest BCUT2D eigenvalue weighted by molar-refractivity contribution is -0.143. The molecule has 0 saturated heterocycles. The van der Waals surface area contributed by atoms with Crippen molar-refractivity contribution < 1.29 is 24.5 Å². The van der Waals surface area contributed by atoms with Gasteiger partial charge in [-0.1, -0.05) is 275 Å². The van der Waals surface area contributed by atoms with Crippen molar-refractivity contribution in [2.75, 3.05) is 13.2 Å². The summed E-state index contributed by atoms with van der Waals surface area (Å²) in [7, 11) is 0. The van der Waals surface area contributed by atoms with Gasteiger partial charge in [0.2, 0.25) is 5.91 Å². The molecule has 0 aromatic carbocycles. The Labute approximate surface area is 436 Å². The molecule has 0 heterocycles. The zero-order valence-electron chi connectivity index (χ0n) is 47.0. The first-order chi connectivity index (χ1) is 34.5. The lowest BCUT2D eigenvalue weighted by Crippen LogP contribution is -2.45. The highest BCUT2D eigenvalue weighted by molar-refractivity contribution is 5.76. The summed E-state index contributed by atoms with van der Waals surface area (Å²) in [6.45, 7) is 4.86. The van der Waals surface area contributed by atoms with Crippen LogP contribution in [0, 0.1) is 0 Å². The maximum absolute atomic E-state index is 12.4. The average molecular weight is 985 g/mol. The highest BCUT2D eigenvalue weighted by Gasteiger charge is 2.18. The highest BCUT2D eigenvalue weighted by atomic mass is 16.5. The Morgan fingerprint density at radius 2 is 0.671 bits per heavy atom. The van der Waals surface area contributed by atoms with Crippen molar-refractivity contribution in [3.05, 3.63) is 36.5 Å². The van der Waals surface area contributed by atoms with Gasteiger partial charge in [0.25, 0.3) is 0 Å². The quantitative estimate of drug-likeness (QED) is 0.0321. The maximum Gasteiger partial charge on any atom is 0.305 e. The molecule has 0 aromatic heterocycles. The van der Waals surface area contributed by atoms with Crippen LogP contribution in [0.5, 0.6) is 0 Å². The average Bonchev–Trinajstić information content (AvgIpc) is 3.36. The number of aliphatic hydroxyl groups is 2. The van der Waals surface area contributed by atoms with E-state index in [2.05, 4.69) is 43.5 Å². The summed E-state index contributed by atoms with van der Waals surface area (Å²) in [5.74, 6) is -0.0600. The third kappa shape index (κ3) is 55.4. The lowest BCUT2D eigenvalue weighted by atomic mass is 10.0. The smallest absolute Gasteiger partial charge is 0.305 e. The molecule has 6 nitrogen and oxygen atoms in total. The summed E-state index contributed by atoms with van der Waals surface area (Å²) in [4.78, 5) is 24.4. The topological polar surface area (TPSA) is 95.9 Å². The van der Waals surface area contributed by atoms with Crippen LogP contribution in [0.4, 0.5) is 0 Å². The third-order valence-electron chi connectivity index (χ3n) is 14.4. The second-order valence-electron chi connectivity index (χ2n) is 21.4. The third-order valence-corrected chi connectivity index (χ3v) is 14.4. The molecule has 1 amide bonds. The zero-order valence-corrected chi connectivity index (χ0v) is 47.0. The molecule has 0 spiro atoms. The van der Waals surface area contributed by atoms with Crippen LogP contribution in [-0.4, -0.2) is 47.4 Å². The number of ether oxygens (including phenoxy) is 1. The fraction of sp³-hybridized carbons (Fsp3) is 0.875. The number of hydrogen-bond acceptors (Lipinski definition) is 5. The molecule has 0 aliphatic carbocycles. The molecule has 0 aliphatic heterocycles. The van der Waals surface area contributed by atoms with Crippen LogP contribution in [0.3, 0.4) is 0 Å². The van der Waals surface area contributed by atoms with Crippen LogP contribution in [0.1, 0.15) is 335 Å². The standard InChI is InChI=1S/C64H121NO5/c1-3-5-7-9-11-13-14-38-42-46-50-54-58-64(69)70-59-55-51-47-43-39-36-34-32-30-28-26-24-22-20-18-16-15-17-19-21-23-25-27-29-31-33-35-37-41-45-49-53-57-63(68)65-61(60-66)62(67)56-52-48-44-40-12-10-8-6-4-2/h11,13,18,20,52,56,61-62,66-67H,3-10,12,14-17,19,21-51,53-55,57-60H2,1-2H3,(H,65,68)/b13-11-,20-18-,56-52+. The summed E-state index contributed by atoms with van der Waals surface area (Å²) in [6.07, 6.45) is 75.0. The summed E-state index contributed by atoms with van der Waals surface area (Å²) < 4.78 is 5.47. The van der Waals surface area contributed by atoms with Gasteiger partial charge in [0, 0.05) is 12.8 Å². The van der Waals surface area contributed by atoms with E-state index >= 15 is 0 Å². The van der Waals surface area contributed by atoms with Crippen LogP contribution >= 0.6 is 0 Å². The first kappa shape index (κ1) is 68.1. The Morgan fingerprint density at radius 1 is 0.386 bits per heavy atom. The molecule has 2 atom stereocenters. The van der Waals surface area contributed by atoms with Crippen molar-refractivity contribution in [3.63, 3.8) is 0 Å². The van der Waals surface area contributed by atoms with E-state index < -0.39 is 12.1 Å². The van der Waals surface area contributed by atoms with Crippen molar-refractivity contribution in [3.8, 4) is 0 Å². The number of hydrogen-bond donors (Lipinski definition) is 3. The number of carbonyl (C=O) groups is 2. The molecule has 0 bridgehead atoms. The number of rotatable bonds is 58. The van der Waals surface area contributed by atoms with Gasteiger partial charge < -0.3 is 20.3 Å². The second kappa shape index (κ2) is 59.6. The van der Waals surface area contributed by atoms with Crippen molar-refractivity contribution in [1.29, 1.82) is 0 Å². The normalized spacial score (nSPS) is 12.8. The molecule has 70 heavy (non-hydrogen) atoms. The molecular weight excluding hydrogens is 863 g/mol. The summed E-state index contributed by atoms with van der Waals surface area (Å²) in [5.41, 5.74) is 0. The van der Waals surface area contributed by atoms with Crippen molar-refractivity contribution in [2.45, 2.75) is 347 Å². The van der Waals surface area contributed by atoms with E-state index in [0.717, 1.165) is 44.9 Å². The molecule has 412 valence electrons. The Hall–Kier alpha value is -1.92. The SMILES string of the molecule is CCCCC/C=C\CCCCCCCC(=O)OCCCCCCCCCCCCCC/C=C\CCCCCCCCCCCCCCCCCCC(=O)NC(CO)C(O)/C=C/CCCCCCCCC. The van der Waals surface area contributed by atoms with Crippen LogP contribution in [0.2, 0.25) is 0 Å². The van der Waals surface area contributed by atoms with Gasteiger partial charge in [-0.05, 0) is 83.5 Å². The second-order valence-corrected chi connectivity index (χ2v) is 21.4. The van der Waals surface area contributed by atoms with Crippen LogP contribution < -0.4 is 5.32 Å². The number of nitrogens with one attached hydrogen (secondary N) is 1. The van der Waals surface area contributed by atoms with Gasteiger partial charge >= 0.3 is 5.97 Å². The number of carbonyl (C=O) groups excluding carboxylic acids is 2. The molecule has 0 radical (unpaired) electrons. The number of unbranched alkanes of at least 4 members (excludes halogenated alkanes) is 43. The van der Waals surface area contributed by atoms with E-state index in [0.29, 0.717) is 19.4 Å². The van der Waals surface area contributed by atoms with Gasteiger partial charge in [-0.3, -0.25) is 9.59 Å². The van der Waals surface area contributed by atoms with E-state index in [-0.39, 0.29) is 18.5 Å². The van der Waals surface area contributed by atoms with E-state index in [1.54, 1.807) is 6.08 Å². The van der Waals surface area contributed by atoms with Crippen molar-refractivity contribution in [1.82, 2.24) is 5.32 Å². The number of esters is 1. The van der Waals surface area contributed by atoms with E-state index in [1.807, 2.05) is 6.08 Å². The highest BCUT2D eigenvalue weighted by Crippen LogP contribution is 2.17. The largest absolute Gasteiger partial charge is 0.466 e. The predicted molar refractivity (Wildman–Crippen MR) is 306 cm³/mol. The Balaban J connectivity index is 3.34. The van der Waals surface area contributed by atoms with Crippen LogP contribution in [0.25, 0.3) is 0 Å². The molecule has 0 aliphatic rings. The first-order valence-electron chi connectivity index (χ1n) is 31.3. The number of allylic oxidation sites excluding steroid dienone is 5.